The number of aliphatic hydroxyl groups is 1. The molecule has 3 rings (SSSR count). The second-order valence-corrected chi connectivity index (χ2v) is 10.9. The maximum atomic E-state index is 12.5. The Morgan fingerprint density at radius 1 is 1.16 bits per heavy atom. The molecule has 168 valence electrons. The van der Waals surface area contributed by atoms with E-state index in [-0.39, 0.29) is 12.7 Å². The molecule has 8 heteroatoms. The lowest BCUT2D eigenvalue weighted by Crippen LogP contribution is -2.23. The number of aromatic nitrogens is 1. The molecule has 0 spiro atoms. The number of fused-ring (bicyclic) bond motifs is 1. The van der Waals surface area contributed by atoms with Gasteiger partial charge in [0.25, 0.3) is 5.19 Å². The third kappa shape index (κ3) is 6.49. The zero-order valence-corrected chi connectivity index (χ0v) is 20.4. The van der Waals surface area contributed by atoms with E-state index >= 15 is 0 Å². The molecule has 1 N–H and O–H groups in total. The predicted molar refractivity (Wildman–Crippen MR) is 126 cm³/mol. The van der Waals surface area contributed by atoms with E-state index in [0.29, 0.717) is 26.9 Å². The molecule has 31 heavy (non-hydrogen) atoms. The van der Waals surface area contributed by atoms with Gasteiger partial charge in [-0.05, 0) is 59.7 Å². The van der Waals surface area contributed by atoms with E-state index in [4.69, 9.17) is 13.7 Å². The van der Waals surface area contributed by atoms with Crippen LogP contribution in [0.15, 0.2) is 41.3 Å². The van der Waals surface area contributed by atoms with Gasteiger partial charge < -0.3 is 14.6 Å². The van der Waals surface area contributed by atoms with Gasteiger partial charge in [-0.2, -0.15) is 4.18 Å². The van der Waals surface area contributed by atoms with Crippen LogP contribution in [0.3, 0.4) is 0 Å². The van der Waals surface area contributed by atoms with Crippen molar-refractivity contribution >= 4 is 32.6 Å². The Hall–Kier alpha value is -2.00. The first-order valence-corrected chi connectivity index (χ1v) is 12.2. The summed E-state index contributed by atoms with van der Waals surface area (Å²) in [6.07, 6.45) is -1.01. The Morgan fingerprint density at radius 2 is 1.84 bits per heavy atom. The van der Waals surface area contributed by atoms with Crippen LogP contribution in [-0.2, 0) is 19.5 Å². The highest BCUT2D eigenvalue weighted by Crippen LogP contribution is 2.38. The Morgan fingerprint density at radius 3 is 2.45 bits per heavy atom. The molecular weight excluding hydrogens is 434 g/mol. The summed E-state index contributed by atoms with van der Waals surface area (Å²) in [7, 11) is 0. The molecule has 2 aromatic carbocycles. The summed E-state index contributed by atoms with van der Waals surface area (Å²) < 4.78 is 30.6. The van der Waals surface area contributed by atoms with Crippen molar-refractivity contribution in [1.29, 1.82) is 0 Å². The van der Waals surface area contributed by atoms with Crippen LogP contribution in [0.1, 0.15) is 51.8 Å². The zero-order chi connectivity index (χ0) is 22.8. The molecule has 1 heterocycles. The van der Waals surface area contributed by atoms with Gasteiger partial charge in [0.1, 0.15) is 24.1 Å². The van der Waals surface area contributed by atoms with Crippen LogP contribution in [0.25, 0.3) is 10.2 Å². The van der Waals surface area contributed by atoms with Gasteiger partial charge in [-0.25, -0.2) is 4.98 Å². The maximum absolute atomic E-state index is 12.5. The number of aliphatic hydroxyl groups excluding tert-OH is 1. The summed E-state index contributed by atoms with van der Waals surface area (Å²) in [6.45, 7) is 11.6. The fourth-order valence-electron chi connectivity index (χ4n) is 2.89. The Labute approximate surface area is 189 Å². The molecule has 2 atom stereocenters. The molecule has 3 aromatic rings. The lowest BCUT2D eigenvalue weighted by Gasteiger charge is -2.22. The molecule has 0 amide bonds. The van der Waals surface area contributed by atoms with Crippen LogP contribution in [0.4, 0.5) is 0 Å². The highest BCUT2D eigenvalue weighted by Gasteiger charge is 2.23. The first kappa shape index (κ1) is 23.7. The second kappa shape index (κ2) is 9.65. The molecule has 0 radical (unpaired) electrons. The summed E-state index contributed by atoms with van der Waals surface area (Å²) in [5, 5.41) is 11.4. The van der Waals surface area contributed by atoms with E-state index in [1.807, 2.05) is 59.7 Å². The van der Waals surface area contributed by atoms with Crippen molar-refractivity contribution in [1.82, 2.24) is 4.98 Å². The first-order valence-electron chi connectivity index (χ1n) is 10.2. The standard InChI is InChI=1S/C23H29NO5S2/c1-14(2)28-22-24-19-12-16(29-23(4,5)6)11-18(21(19)30-22)20(25)13-27-31(26)17-9-7-15(3)8-10-17/h7-12,14,20,25H,13H2,1-6H3/p+1/t20-,31?/m0/s1. The summed E-state index contributed by atoms with van der Waals surface area (Å²) in [4.78, 5) is 5.14. The van der Waals surface area contributed by atoms with Crippen molar-refractivity contribution in [2.75, 3.05) is 6.61 Å². The molecule has 0 saturated heterocycles. The van der Waals surface area contributed by atoms with E-state index in [0.717, 1.165) is 10.3 Å². The Kier molecular flexibility index (Phi) is 7.36. The number of ether oxygens (including phenoxy) is 2. The minimum atomic E-state index is -2.07. The molecule has 6 nitrogen and oxygen atoms in total. The highest BCUT2D eigenvalue weighted by molar-refractivity contribution is 7.80. The lowest BCUT2D eigenvalue weighted by molar-refractivity contribution is 0.113. The van der Waals surface area contributed by atoms with E-state index in [2.05, 4.69) is 4.98 Å². The maximum Gasteiger partial charge on any atom is 0.274 e. The summed E-state index contributed by atoms with van der Waals surface area (Å²) in [5.41, 5.74) is 1.96. The Balaban J connectivity index is 1.87. The summed E-state index contributed by atoms with van der Waals surface area (Å²) >= 11 is -0.706. The number of rotatable bonds is 8. The predicted octanol–water partition coefficient (Wildman–Crippen LogP) is 5.29. The third-order valence-electron chi connectivity index (χ3n) is 4.19. The minimum absolute atomic E-state index is 0.0129. The molecule has 0 fully saturated rings. The van der Waals surface area contributed by atoms with Crippen LogP contribution < -0.4 is 9.47 Å². The average molecular weight is 465 g/mol. The quantitative estimate of drug-likeness (QED) is 0.361. The summed E-state index contributed by atoms with van der Waals surface area (Å²) in [6, 6.07) is 10.9. The van der Waals surface area contributed by atoms with Crippen LogP contribution in [0.5, 0.6) is 10.9 Å². The van der Waals surface area contributed by atoms with Crippen molar-refractivity contribution in [3.63, 3.8) is 0 Å². The van der Waals surface area contributed by atoms with Crippen LogP contribution >= 0.6 is 11.3 Å². The molecule has 0 aliphatic rings. The third-order valence-corrected chi connectivity index (χ3v) is 6.30. The smallest absolute Gasteiger partial charge is 0.274 e. The number of aryl methyl sites for hydroxylation is 1. The molecule has 1 aromatic heterocycles. The number of nitrogens with zero attached hydrogens (tertiary/aromatic N) is 1. The largest absolute Gasteiger partial charge is 0.488 e. The SMILES string of the molecule is Cc1ccc([SH+](=O)OC[C@H](O)c2cc(OC(C)(C)C)cc3nc(OC(C)C)sc23)cc1. The number of hydrogen-bond acceptors (Lipinski definition) is 7. The fraction of sp³-hybridized carbons (Fsp3) is 0.435. The molecule has 0 saturated carbocycles. The van der Waals surface area contributed by atoms with Gasteiger partial charge in [0.2, 0.25) is 11.1 Å². The van der Waals surface area contributed by atoms with E-state index in [9.17, 15) is 9.32 Å². The average Bonchev–Trinajstić information content (AvgIpc) is 3.05. The van der Waals surface area contributed by atoms with Crippen molar-refractivity contribution in [3.8, 4) is 10.9 Å². The van der Waals surface area contributed by atoms with Crippen molar-refractivity contribution in [2.24, 2.45) is 0 Å². The van der Waals surface area contributed by atoms with Crippen LogP contribution in [0, 0.1) is 6.92 Å². The number of thiol groups is 1. The van der Waals surface area contributed by atoms with Gasteiger partial charge >= 0.3 is 0 Å². The molecule has 0 bridgehead atoms. The topological polar surface area (TPSA) is 77.9 Å². The van der Waals surface area contributed by atoms with Crippen molar-refractivity contribution < 1.29 is 23.0 Å². The Bertz CT molecular complexity index is 1050. The molecule has 1 unspecified atom stereocenters. The number of benzene rings is 2. The summed E-state index contributed by atoms with van der Waals surface area (Å²) in [5.74, 6) is 0.596. The van der Waals surface area contributed by atoms with Crippen molar-refractivity contribution in [2.45, 2.75) is 64.2 Å². The molecule has 0 aliphatic heterocycles. The zero-order valence-electron chi connectivity index (χ0n) is 18.7. The molecule has 0 aliphatic carbocycles. The van der Waals surface area contributed by atoms with Gasteiger partial charge in [0, 0.05) is 11.6 Å². The van der Waals surface area contributed by atoms with Gasteiger partial charge in [-0.15, -0.1) is 0 Å². The fourth-order valence-corrected chi connectivity index (χ4v) is 4.79. The van der Waals surface area contributed by atoms with Crippen LogP contribution in [0.2, 0.25) is 0 Å². The monoisotopic (exact) mass is 464 g/mol. The highest BCUT2D eigenvalue weighted by atomic mass is 32.2. The van der Waals surface area contributed by atoms with Crippen LogP contribution in [-0.4, -0.2) is 28.4 Å². The van der Waals surface area contributed by atoms with Gasteiger partial charge in [0.15, 0.2) is 4.90 Å². The van der Waals surface area contributed by atoms with E-state index in [1.165, 1.54) is 11.3 Å². The van der Waals surface area contributed by atoms with Gasteiger partial charge in [-0.1, -0.05) is 33.2 Å². The number of thiazole rings is 1. The molecular formula is C23H30NO5S2+. The van der Waals surface area contributed by atoms with E-state index in [1.54, 1.807) is 18.2 Å². The number of hydrogen-bond donors (Lipinski definition) is 1. The van der Waals surface area contributed by atoms with Gasteiger partial charge in [0.05, 0.1) is 16.3 Å². The second-order valence-electron chi connectivity index (χ2n) is 8.63. The first-order chi connectivity index (χ1) is 14.5. The van der Waals surface area contributed by atoms with Gasteiger partial charge in [-0.3, -0.25) is 0 Å². The normalized spacial score (nSPS) is 14.1. The lowest BCUT2D eigenvalue weighted by atomic mass is 10.1. The van der Waals surface area contributed by atoms with E-state index < -0.39 is 22.8 Å². The minimum Gasteiger partial charge on any atom is -0.488 e. The van der Waals surface area contributed by atoms with Crippen molar-refractivity contribution in [3.05, 3.63) is 47.5 Å².